The first-order valence-corrected chi connectivity index (χ1v) is 24.0. The molecule has 0 N–H and O–H groups in total. The molecule has 65 heavy (non-hydrogen) atoms. The molecule has 0 atom stereocenters. The molecule has 2 aliphatic carbocycles. The highest BCUT2D eigenvalue weighted by Crippen LogP contribution is 2.59. The molecule has 0 bridgehead atoms. The molecule has 0 unspecified atom stereocenters. The smallest absolute Gasteiger partial charge is 0.0714 e. The molecule has 0 aliphatic heterocycles. The van der Waals surface area contributed by atoms with Crippen LogP contribution in [0.25, 0.3) is 53.6 Å². The fourth-order valence-electron chi connectivity index (χ4n) is 11.6. The summed E-state index contributed by atoms with van der Waals surface area (Å²) in [5.74, 6) is 0. The average molecular weight is 854 g/mol. The molecule has 0 saturated heterocycles. The van der Waals surface area contributed by atoms with Crippen molar-refractivity contribution in [2.24, 2.45) is 0 Å². The third-order valence-electron chi connectivity index (χ3n) is 14.8. The number of benzene rings is 9. The summed E-state index contributed by atoms with van der Waals surface area (Å²) in [5, 5.41) is 2.58. The van der Waals surface area contributed by atoms with Gasteiger partial charge in [0, 0.05) is 26.7 Å². The third kappa shape index (κ3) is 6.11. The van der Waals surface area contributed by atoms with Crippen LogP contribution in [0.5, 0.6) is 0 Å². The Morgan fingerprint density at radius 3 is 1.68 bits per heavy atom. The van der Waals surface area contributed by atoms with Crippen LogP contribution in [0.3, 0.4) is 0 Å². The second-order valence-electron chi connectivity index (χ2n) is 19.4. The van der Waals surface area contributed by atoms with Gasteiger partial charge < -0.3 is 4.90 Å². The Bertz CT molecular complexity index is 3370. The Kier molecular flexibility index (Phi) is 9.16. The SMILES string of the molecule is CC1(C)CCC(C)(C)c2c(-c3ccc(-c4cc5c(cc4N(c4ccccc4)c4cccc6c4sc4ccccc46)C(c4ccccc4)(c4ccccc4)c4ccccc4-5)cc3)cccc21. The van der Waals surface area contributed by atoms with Crippen molar-refractivity contribution in [3.05, 3.63) is 246 Å². The van der Waals surface area contributed by atoms with Gasteiger partial charge in [-0.3, -0.25) is 0 Å². The third-order valence-corrected chi connectivity index (χ3v) is 16.0. The molecule has 12 rings (SSSR count). The number of thiophene rings is 1. The Balaban J connectivity index is 1.16. The van der Waals surface area contributed by atoms with E-state index < -0.39 is 5.41 Å². The van der Waals surface area contributed by atoms with E-state index in [1.165, 1.54) is 105 Å². The summed E-state index contributed by atoms with van der Waals surface area (Å²) in [5.41, 5.74) is 18.8. The number of anilines is 3. The van der Waals surface area contributed by atoms with Crippen LogP contribution in [0.15, 0.2) is 212 Å². The summed E-state index contributed by atoms with van der Waals surface area (Å²) >= 11 is 1.89. The van der Waals surface area contributed by atoms with Gasteiger partial charge in [-0.05, 0) is 121 Å². The lowest BCUT2D eigenvalue weighted by Gasteiger charge is -2.43. The van der Waals surface area contributed by atoms with E-state index in [2.05, 4.69) is 245 Å². The molecular formula is C63H51NS. The van der Waals surface area contributed by atoms with Crippen LogP contribution in [0.2, 0.25) is 0 Å². The van der Waals surface area contributed by atoms with Crippen molar-refractivity contribution in [3.8, 4) is 33.4 Å². The zero-order valence-electron chi connectivity index (χ0n) is 37.5. The molecular weight excluding hydrogens is 803 g/mol. The van der Waals surface area contributed by atoms with Gasteiger partial charge in [0.05, 0.1) is 21.5 Å². The summed E-state index contributed by atoms with van der Waals surface area (Å²) in [4.78, 5) is 2.54. The van der Waals surface area contributed by atoms with E-state index in [-0.39, 0.29) is 10.8 Å². The van der Waals surface area contributed by atoms with Gasteiger partial charge in [0.2, 0.25) is 0 Å². The zero-order valence-corrected chi connectivity index (χ0v) is 38.3. The van der Waals surface area contributed by atoms with Gasteiger partial charge in [-0.2, -0.15) is 0 Å². The Labute approximate surface area is 387 Å². The molecule has 1 aromatic heterocycles. The van der Waals surface area contributed by atoms with E-state index in [0.717, 1.165) is 11.4 Å². The van der Waals surface area contributed by atoms with Crippen molar-refractivity contribution < 1.29 is 0 Å². The van der Waals surface area contributed by atoms with Crippen molar-refractivity contribution in [1.29, 1.82) is 0 Å². The Morgan fingerprint density at radius 1 is 0.400 bits per heavy atom. The number of nitrogens with zero attached hydrogens (tertiary/aromatic N) is 1. The second kappa shape index (κ2) is 15.0. The lowest BCUT2D eigenvalue weighted by Crippen LogP contribution is -2.34. The van der Waals surface area contributed by atoms with Gasteiger partial charge in [0.15, 0.2) is 0 Å². The first-order chi connectivity index (χ1) is 31.7. The van der Waals surface area contributed by atoms with Crippen molar-refractivity contribution in [3.63, 3.8) is 0 Å². The number of hydrogen-bond donors (Lipinski definition) is 0. The highest BCUT2D eigenvalue weighted by atomic mass is 32.1. The van der Waals surface area contributed by atoms with Gasteiger partial charge in [0.25, 0.3) is 0 Å². The minimum atomic E-state index is -0.551. The Morgan fingerprint density at radius 2 is 0.954 bits per heavy atom. The maximum absolute atomic E-state index is 2.55. The first-order valence-electron chi connectivity index (χ1n) is 23.1. The lowest BCUT2D eigenvalue weighted by atomic mass is 9.61. The molecule has 1 heterocycles. The van der Waals surface area contributed by atoms with Gasteiger partial charge in [-0.15, -0.1) is 11.3 Å². The van der Waals surface area contributed by atoms with E-state index in [9.17, 15) is 0 Å². The van der Waals surface area contributed by atoms with Crippen LogP contribution >= 0.6 is 11.3 Å². The molecule has 1 nitrogen and oxygen atoms in total. The summed E-state index contributed by atoms with van der Waals surface area (Å²) in [6, 6.07) is 79.8. The molecule has 0 saturated carbocycles. The predicted octanol–water partition coefficient (Wildman–Crippen LogP) is 17.6. The molecule has 0 spiro atoms. The highest BCUT2D eigenvalue weighted by molar-refractivity contribution is 7.26. The van der Waals surface area contributed by atoms with E-state index in [1.54, 1.807) is 0 Å². The van der Waals surface area contributed by atoms with Crippen LogP contribution in [0, 0.1) is 0 Å². The number of para-hydroxylation sites is 1. The lowest BCUT2D eigenvalue weighted by molar-refractivity contribution is 0.333. The van der Waals surface area contributed by atoms with Crippen LogP contribution in [0.1, 0.15) is 73.9 Å². The van der Waals surface area contributed by atoms with Gasteiger partial charge in [0.1, 0.15) is 0 Å². The average Bonchev–Trinajstić information content (AvgIpc) is 3.88. The topological polar surface area (TPSA) is 3.24 Å². The van der Waals surface area contributed by atoms with E-state index in [1.807, 2.05) is 11.3 Å². The molecule has 2 aliphatic rings. The normalized spacial score (nSPS) is 15.3. The van der Waals surface area contributed by atoms with E-state index in [0.29, 0.717) is 0 Å². The van der Waals surface area contributed by atoms with Crippen LogP contribution in [-0.4, -0.2) is 0 Å². The van der Waals surface area contributed by atoms with E-state index >= 15 is 0 Å². The second-order valence-corrected chi connectivity index (χ2v) is 20.5. The van der Waals surface area contributed by atoms with Crippen LogP contribution in [0.4, 0.5) is 17.1 Å². The van der Waals surface area contributed by atoms with Crippen molar-refractivity contribution >= 4 is 48.6 Å². The quantitative estimate of drug-likeness (QED) is 0.154. The number of fused-ring (bicyclic) bond motifs is 7. The first kappa shape index (κ1) is 39.6. The summed E-state index contributed by atoms with van der Waals surface area (Å²) in [7, 11) is 0. The predicted molar refractivity (Wildman–Crippen MR) is 277 cm³/mol. The molecule has 10 aromatic rings. The minimum absolute atomic E-state index is 0.0917. The zero-order chi connectivity index (χ0) is 43.9. The van der Waals surface area contributed by atoms with E-state index in [4.69, 9.17) is 0 Å². The summed E-state index contributed by atoms with van der Waals surface area (Å²) in [6.45, 7) is 9.72. The molecule has 0 fully saturated rings. The van der Waals surface area contributed by atoms with Crippen molar-refractivity contribution in [2.45, 2.75) is 56.8 Å². The van der Waals surface area contributed by atoms with Crippen molar-refractivity contribution in [1.82, 2.24) is 0 Å². The number of hydrogen-bond acceptors (Lipinski definition) is 2. The van der Waals surface area contributed by atoms with Gasteiger partial charge in [-0.25, -0.2) is 0 Å². The van der Waals surface area contributed by atoms with Crippen LogP contribution < -0.4 is 4.90 Å². The summed E-state index contributed by atoms with van der Waals surface area (Å²) < 4.78 is 2.57. The molecule has 314 valence electrons. The molecule has 0 amide bonds. The Hall–Kier alpha value is -7.00. The maximum Gasteiger partial charge on any atom is 0.0714 e. The van der Waals surface area contributed by atoms with Gasteiger partial charge in [-0.1, -0.05) is 204 Å². The fraction of sp³-hybridized carbons (Fsp3) is 0.143. The van der Waals surface area contributed by atoms with Gasteiger partial charge >= 0.3 is 0 Å². The molecule has 9 aromatic carbocycles. The molecule has 2 heteroatoms. The largest absolute Gasteiger partial charge is 0.308 e. The monoisotopic (exact) mass is 853 g/mol. The van der Waals surface area contributed by atoms with Crippen LogP contribution in [-0.2, 0) is 16.2 Å². The minimum Gasteiger partial charge on any atom is -0.308 e. The summed E-state index contributed by atoms with van der Waals surface area (Å²) in [6.07, 6.45) is 2.37. The highest BCUT2D eigenvalue weighted by Gasteiger charge is 2.47. The fourth-order valence-corrected chi connectivity index (χ4v) is 12.8. The van der Waals surface area contributed by atoms with Crippen molar-refractivity contribution in [2.75, 3.05) is 4.90 Å². The molecule has 0 radical (unpaired) electrons. The maximum atomic E-state index is 2.55. The number of rotatable bonds is 7. The standard InChI is InChI=1S/C63H51NS/c1-61(2)38-39-62(3,4)59-47(28-18-31-54(59)61)42-34-36-43(37-35-42)51-40-52-48-26-14-16-30-53(48)63(44-20-8-5-9-21-44,45-22-10-6-11-23-45)55(52)41-57(51)64(46-24-12-7-13-25-46)56-32-19-29-50-49-27-15-17-33-58(49)65-60(50)56/h5-37,40-41H,38-39H2,1-4H3.